The van der Waals surface area contributed by atoms with Gasteiger partial charge in [-0.1, -0.05) is 38.2 Å². The summed E-state index contributed by atoms with van der Waals surface area (Å²) in [6.45, 7) is 14.2. The van der Waals surface area contributed by atoms with Crippen LogP contribution in [0.5, 0.6) is 0 Å². The summed E-state index contributed by atoms with van der Waals surface area (Å²) in [7, 11) is -0.990. The van der Waals surface area contributed by atoms with Gasteiger partial charge in [-0.25, -0.2) is 13.7 Å². The topological polar surface area (TPSA) is 61.4 Å². The maximum atomic E-state index is 12.3. The summed E-state index contributed by atoms with van der Waals surface area (Å²) in [5.41, 5.74) is 1.40. The largest absolute Gasteiger partial charge is 0.338 e. The second-order valence-electron chi connectivity index (χ2n) is 7.35. The van der Waals surface area contributed by atoms with E-state index in [2.05, 4.69) is 36.5 Å². The Morgan fingerprint density at radius 2 is 1.96 bits per heavy atom. The van der Waals surface area contributed by atoms with Gasteiger partial charge in [0.05, 0.1) is 11.0 Å². The van der Waals surface area contributed by atoms with Gasteiger partial charge in [0.1, 0.15) is 0 Å². The molecule has 1 saturated heterocycles. The second-order valence-corrected chi connectivity index (χ2v) is 9.12. The minimum Gasteiger partial charge on any atom is -0.338 e. The number of carbonyl (C=O) groups is 1. The number of hydrogen-bond acceptors (Lipinski definition) is 2. The Morgan fingerprint density at radius 1 is 1.31 bits per heavy atom. The Morgan fingerprint density at radius 3 is 2.50 bits per heavy atom. The van der Waals surface area contributed by atoms with Crippen molar-refractivity contribution in [3.05, 3.63) is 24.3 Å². The predicted molar refractivity (Wildman–Crippen MR) is 111 cm³/mol. The van der Waals surface area contributed by atoms with Crippen molar-refractivity contribution in [2.45, 2.75) is 71.1 Å². The molecule has 1 heterocycles. The minimum absolute atomic E-state index is 0.0197. The van der Waals surface area contributed by atoms with Crippen molar-refractivity contribution in [1.82, 2.24) is 14.9 Å². The monoisotopic (exact) mass is 383 g/mol. The maximum Gasteiger partial charge on any atom is 0.317 e. The molecule has 2 atom stereocenters. The number of amides is 2. The molecule has 0 aliphatic carbocycles. The van der Waals surface area contributed by atoms with Crippen LogP contribution in [-0.4, -0.2) is 46.1 Å². The van der Waals surface area contributed by atoms with Crippen molar-refractivity contribution in [2.75, 3.05) is 19.6 Å². The molecule has 2 N–H and O–H groups in total. The summed E-state index contributed by atoms with van der Waals surface area (Å²) in [5, 5.41) is 3.15. The fourth-order valence-electron chi connectivity index (χ4n) is 3.01. The molecule has 0 aromatic carbocycles. The molecule has 26 heavy (non-hydrogen) atoms. The molecule has 1 fully saturated rings. The van der Waals surface area contributed by atoms with Crippen LogP contribution in [0.4, 0.5) is 4.79 Å². The van der Waals surface area contributed by atoms with E-state index in [1.54, 1.807) is 0 Å². The van der Waals surface area contributed by atoms with Crippen molar-refractivity contribution in [3.63, 3.8) is 0 Å². The molecular formula is C20H37N3O2S. The summed E-state index contributed by atoms with van der Waals surface area (Å²) in [6.07, 6.45) is 8.73. The van der Waals surface area contributed by atoms with Crippen molar-refractivity contribution < 1.29 is 9.00 Å². The van der Waals surface area contributed by atoms with Crippen LogP contribution in [-0.2, 0) is 11.0 Å². The van der Waals surface area contributed by atoms with Crippen molar-refractivity contribution >= 4 is 17.0 Å². The van der Waals surface area contributed by atoms with Gasteiger partial charge in [0, 0.05) is 30.9 Å². The van der Waals surface area contributed by atoms with E-state index in [0.717, 1.165) is 32.1 Å². The number of carbonyl (C=O) groups excluding carboxylic acids is 1. The van der Waals surface area contributed by atoms with Crippen LogP contribution < -0.4 is 10.0 Å². The van der Waals surface area contributed by atoms with Crippen molar-refractivity contribution in [1.29, 1.82) is 0 Å². The number of nitrogens with one attached hydrogen (secondary N) is 2. The molecule has 0 spiro atoms. The zero-order valence-electron chi connectivity index (χ0n) is 16.9. The standard InChI is InChI=1S/C20H37N3O2S/c1-6-9-18(17(5)7-2)10-8-13-21-20(24)23-14-11-19(12-15-23)22-26(25)16(3)4/h6,9,16-17,19,22H,1,7-8,10-15H2,2-5H3,(H,21,24)/b18-9+. The smallest absolute Gasteiger partial charge is 0.317 e. The van der Waals surface area contributed by atoms with Crippen LogP contribution in [0.3, 0.4) is 0 Å². The number of piperidine rings is 1. The predicted octanol–water partition coefficient (Wildman–Crippen LogP) is 3.76. The average molecular weight is 384 g/mol. The molecule has 1 aliphatic heterocycles. The third-order valence-electron chi connectivity index (χ3n) is 4.99. The summed E-state index contributed by atoms with van der Waals surface area (Å²) in [5.74, 6) is 0.562. The molecule has 0 radical (unpaired) electrons. The van der Waals surface area contributed by atoms with E-state index in [9.17, 15) is 9.00 Å². The summed E-state index contributed by atoms with van der Waals surface area (Å²) in [4.78, 5) is 14.2. The number of nitrogens with zero attached hydrogens (tertiary/aromatic N) is 1. The van der Waals surface area contributed by atoms with Gasteiger partial charge < -0.3 is 10.2 Å². The quantitative estimate of drug-likeness (QED) is 0.446. The first-order valence-electron chi connectivity index (χ1n) is 9.90. The Balaban J connectivity index is 2.27. The van der Waals surface area contributed by atoms with Crippen molar-refractivity contribution in [2.24, 2.45) is 5.92 Å². The Bertz CT molecular complexity index is 497. The average Bonchev–Trinajstić information content (AvgIpc) is 2.63. The molecular weight excluding hydrogens is 346 g/mol. The van der Waals surface area contributed by atoms with Gasteiger partial charge in [-0.05, 0) is 51.9 Å². The van der Waals surface area contributed by atoms with Gasteiger partial charge in [0.25, 0.3) is 0 Å². The molecule has 0 saturated carbocycles. The van der Waals surface area contributed by atoms with E-state index in [1.807, 2.05) is 24.8 Å². The summed E-state index contributed by atoms with van der Waals surface area (Å²) >= 11 is 0. The van der Waals surface area contributed by atoms with Crippen LogP contribution in [0.1, 0.15) is 59.8 Å². The van der Waals surface area contributed by atoms with Gasteiger partial charge in [-0.2, -0.15) is 0 Å². The van der Waals surface area contributed by atoms with Gasteiger partial charge in [-0.3, -0.25) is 0 Å². The van der Waals surface area contributed by atoms with E-state index >= 15 is 0 Å². The van der Waals surface area contributed by atoms with E-state index in [4.69, 9.17) is 0 Å². The SMILES string of the molecule is C=C/C=C(\CCCNC(=O)N1CCC(NS(=O)C(C)C)CC1)C(C)CC. The van der Waals surface area contributed by atoms with Crippen LogP contribution in [0.2, 0.25) is 0 Å². The first-order chi connectivity index (χ1) is 12.4. The number of urea groups is 1. The molecule has 2 unspecified atom stereocenters. The summed E-state index contributed by atoms with van der Waals surface area (Å²) in [6, 6.07) is 0.260. The Labute approximate surface area is 162 Å². The number of hydrogen-bond donors (Lipinski definition) is 2. The van der Waals surface area contributed by atoms with Crippen LogP contribution >= 0.6 is 0 Å². The van der Waals surface area contributed by atoms with E-state index in [0.29, 0.717) is 25.6 Å². The third-order valence-corrected chi connectivity index (χ3v) is 6.41. The molecule has 6 heteroatoms. The molecule has 1 aliphatic rings. The normalized spacial score (nSPS) is 18.7. The highest BCUT2D eigenvalue weighted by atomic mass is 32.2. The van der Waals surface area contributed by atoms with Crippen LogP contribution in [0.15, 0.2) is 24.3 Å². The molecule has 5 nitrogen and oxygen atoms in total. The van der Waals surface area contributed by atoms with E-state index in [1.165, 1.54) is 5.57 Å². The first kappa shape index (κ1) is 22.9. The molecule has 150 valence electrons. The third kappa shape index (κ3) is 8.04. The van der Waals surface area contributed by atoms with Crippen LogP contribution in [0.25, 0.3) is 0 Å². The van der Waals surface area contributed by atoms with E-state index in [-0.39, 0.29) is 17.3 Å². The lowest BCUT2D eigenvalue weighted by molar-refractivity contribution is 0.180. The van der Waals surface area contributed by atoms with Gasteiger partial charge in [0.15, 0.2) is 0 Å². The molecule has 0 aromatic heterocycles. The number of allylic oxidation sites excluding steroid dienone is 3. The highest BCUT2D eigenvalue weighted by Gasteiger charge is 2.24. The fraction of sp³-hybridized carbons (Fsp3) is 0.750. The number of rotatable bonds is 10. The lowest BCUT2D eigenvalue weighted by Gasteiger charge is -2.32. The van der Waals surface area contributed by atoms with Gasteiger partial charge >= 0.3 is 6.03 Å². The van der Waals surface area contributed by atoms with E-state index < -0.39 is 11.0 Å². The lowest BCUT2D eigenvalue weighted by Crippen LogP contribution is -2.49. The van der Waals surface area contributed by atoms with Crippen molar-refractivity contribution in [3.8, 4) is 0 Å². The fourth-order valence-corrected chi connectivity index (χ4v) is 3.84. The van der Waals surface area contributed by atoms with Gasteiger partial charge in [-0.15, -0.1) is 0 Å². The summed E-state index contributed by atoms with van der Waals surface area (Å²) < 4.78 is 15.0. The molecule has 2 amide bonds. The maximum absolute atomic E-state index is 12.3. The Hall–Kier alpha value is -1.14. The first-order valence-corrected chi connectivity index (χ1v) is 11.1. The zero-order chi connectivity index (χ0) is 19.5. The molecule has 0 aromatic rings. The lowest BCUT2D eigenvalue weighted by atomic mass is 9.94. The second kappa shape index (κ2) is 12.3. The minimum atomic E-state index is -0.990. The zero-order valence-corrected chi connectivity index (χ0v) is 17.7. The highest BCUT2D eigenvalue weighted by molar-refractivity contribution is 7.83. The Kier molecular flexibility index (Phi) is 10.8. The van der Waals surface area contributed by atoms with Gasteiger partial charge in [0.2, 0.25) is 0 Å². The highest BCUT2D eigenvalue weighted by Crippen LogP contribution is 2.19. The molecule has 1 rings (SSSR count). The number of likely N-dealkylation sites (tertiary alicyclic amines) is 1. The molecule has 0 bridgehead atoms. The van der Waals surface area contributed by atoms with Crippen LogP contribution in [0, 0.1) is 5.92 Å².